The summed E-state index contributed by atoms with van der Waals surface area (Å²) in [5.41, 5.74) is 22.3. The lowest BCUT2D eigenvalue weighted by molar-refractivity contribution is -0.142. The van der Waals surface area contributed by atoms with Gasteiger partial charge in [-0.2, -0.15) is 0 Å². The molecule has 1 aliphatic heterocycles. The molecule has 0 spiro atoms. The highest BCUT2D eigenvalue weighted by molar-refractivity contribution is 5.95. The van der Waals surface area contributed by atoms with Gasteiger partial charge in [-0.1, -0.05) is 26.0 Å². The molecule has 0 saturated carbocycles. The monoisotopic (exact) mass is 819 g/mol. The van der Waals surface area contributed by atoms with Gasteiger partial charge >= 0.3 is 5.97 Å². The van der Waals surface area contributed by atoms with E-state index in [2.05, 4.69) is 31.6 Å². The summed E-state index contributed by atoms with van der Waals surface area (Å²) < 4.78 is 0. The molecule has 22 nitrogen and oxygen atoms in total. The van der Waals surface area contributed by atoms with Crippen LogP contribution in [0.25, 0.3) is 0 Å². The van der Waals surface area contributed by atoms with Crippen molar-refractivity contribution in [1.82, 2.24) is 31.5 Å². The molecule has 58 heavy (non-hydrogen) atoms. The molecular formula is C36H57N11O11. The number of hydrogen-bond donors (Lipinski definition) is 12. The van der Waals surface area contributed by atoms with Crippen molar-refractivity contribution in [3.05, 3.63) is 29.8 Å². The Kier molecular flexibility index (Phi) is 19.3. The Morgan fingerprint density at radius 1 is 0.879 bits per heavy atom. The average Bonchev–Trinajstić information content (AvgIpc) is 3.49. The van der Waals surface area contributed by atoms with Crippen molar-refractivity contribution in [2.24, 2.45) is 33.8 Å². The van der Waals surface area contributed by atoms with Crippen molar-refractivity contribution in [3.8, 4) is 5.75 Å². The van der Waals surface area contributed by atoms with E-state index < -0.39 is 103 Å². The van der Waals surface area contributed by atoms with Crippen LogP contribution in [-0.4, -0.2) is 135 Å². The molecule has 322 valence electrons. The third kappa shape index (κ3) is 16.6. The topological polar surface area (TPSA) is 377 Å². The highest BCUT2D eigenvalue weighted by Crippen LogP contribution is 2.20. The van der Waals surface area contributed by atoms with Gasteiger partial charge in [0.1, 0.15) is 29.9 Å². The number of rotatable bonds is 24. The van der Waals surface area contributed by atoms with Gasteiger partial charge < -0.3 is 69.7 Å². The van der Waals surface area contributed by atoms with E-state index in [1.807, 2.05) is 0 Å². The number of guanidine groups is 1. The van der Waals surface area contributed by atoms with E-state index in [0.29, 0.717) is 12.0 Å². The SMILES string of the molecule is CC(C)CC(NC(=O)C(CCC(=O)O)N1CC(NC(=O)C(NC(=O)C(Cc2ccc(O)cc2)NC(=O)C(N)CCCN=C(N)N)C(C)O)CC1=O)C(=O)NCC(N)=O. The van der Waals surface area contributed by atoms with E-state index in [1.165, 1.54) is 31.2 Å². The molecule has 0 aliphatic carbocycles. The van der Waals surface area contributed by atoms with Gasteiger partial charge in [-0.15, -0.1) is 0 Å². The molecule has 7 amide bonds. The number of carbonyl (C=O) groups excluding carboxylic acids is 7. The fourth-order valence-corrected chi connectivity index (χ4v) is 6.04. The van der Waals surface area contributed by atoms with Crippen molar-refractivity contribution in [3.63, 3.8) is 0 Å². The van der Waals surface area contributed by atoms with Gasteiger partial charge in [0.2, 0.25) is 41.4 Å². The quantitative estimate of drug-likeness (QED) is 0.0267. The molecule has 0 radical (unpaired) electrons. The molecule has 1 aromatic carbocycles. The van der Waals surface area contributed by atoms with Crippen LogP contribution < -0.4 is 49.5 Å². The van der Waals surface area contributed by atoms with Crippen molar-refractivity contribution in [2.75, 3.05) is 19.6 Å². The zero-order chi connectivity index (χ0) is 43.7. The summed E-state index contributed by atoms with van der Waals surface area (Å²) in [6, 6.07) is -1.69. The Hall–Kier alpha value is -6.03. The predicted octanol–water partition coefficient (Wildman–Crippen LogP) is -4.25. The molecule has 1 fully saturated rings. The Morgan fingerprint density at radius 3 is 2.09 bits per heavy atom. The van der Waals surface area contributed by atoms with Crippen LogP contribution in [0.4, 0.5) is 0 Å². The Bertz CT molecular complexity index is 1650. The van der Waals surface area contributed by atoms with Crippen LogP contribution in [0.15, 0.2) is 29.3 Å². The van der Waals surface area contributed by atoms with Gasteiger partial charge in [0.25, 0.3) is 0 Å². The van der Waals surface area contributed by atoms with Crippen LogP contribution in [0.3, 0.4) is 0 Å². The molecular weight excluding hydrogens is 762 g/mol. The largest absolute Gasteiger partial charge is 0.508 e. The molecule has 7 unspecified atom stereocenters. The lowest BCUT2D eigenvalue weighted by Crippen LogP contribution is -2.60. The Morgan fingerprint density at radius 2 is 1.52 bits per heavy atom. The van der Waals surface area contributed by atoms with Gasteiger partial charge in [-0.05, 0) is 56.2 Å². The number of hydrogen-bond acceptors (Lipinski definition) is 12. The van der Waals surface area contributed by atoms with Gasteiger partial charge in [-0.25, -0.2) is 0 Å². The number of phenols is 1. The third-order valence-electron chi connectivity index (χ3n) is 8.97. The van der Waals surface area contributed by atoms with Crippen LogP contribution in [0, 0.1) is 5.92 Å². The number of aliphatic imine (C=N–C) groups is 1. The molecule has 16 N–H and O–H groups in total. The summed E-state index contributed by atoms with van der Waals surface area (Å²) in [5.74, 6) is -7.02. The van der Waals surface area contributed by atoms with Gasteiger partial charge in [-0.3, -0.25) is 43.3 Å². The number of nitrogens with one attached hydrogen (secondary N) is 5. The predicted molar refractivity (Wildman–Crippen MR) is 208 cm³/mol. The maximum Gasteiger partial charge on any atom is 0.303 e. The second kappa shape index (κ2) is 23.3. The number of likely N-dealkylation sites (tertiary alicyclic amines) is 1. The summed E-state index contributed by atoms with van der Waals surface area (Å²) in [6.45, 7) is 4.25. The first-order valence-corrected chi connectivity index (χ1v) is 18.7. The Balaban J connectivity index is 2.24. The summed E-state index contributed by atoms with van der Waals surface area (Å²) in [6.07, 6.45) is -2.15. The van der Waals surface area contributed by atoms with Crippen LogP contribution in [0.1, 0.15) is 64.9 Å². The van der Waals surface area contributed by atoms with Crippen LogP contribution in [0.5, 0.6) is 5.75 Å². The van der Waals surface area contributed by atoms with E-state index in [-0.39, 0.29) is 62.8 Å². The summed E-state index contributed by atoms with van der Waals surface area (Å²) >= 11 is 0. The zero-order valence-corrected chi connectivity index (χ0v) is 32.8. The molecule has 1 saturated heterocycles. The number of carboxylic acid groups (broad SMARTS) is 1. The number of nitrogens with zero attached hydrogens (tertiary/aromatic N) is 2. The first kappa shape index (κ1) is 48.1. The lowest BCUT2D eigenvalue weighted by Gasteiger charge is -2.30. The van der Waals surface area contributed by atoms with E-state index in [4.69, 9.17) is 22.9 Å². The number of carbonyl (C=O) groups is 8. The molecule has 0 bridgehead atoms. The standard InChI is InChI=1S/C36H57N11O11/c1-18(2)13-24(32(55)42-16-27(38)50)45-34(57)26(10-11-29(52)53)47-17-21(15-28(47)51)43-35(58)30(19(3)48)46-33(56)25(14-20-6-8-22(49)9-7-20)44-31(54)23(37)5-4-12-41-36(39)40/h6-9,18-19,21,23-26,30,48-49H,4-5,10-17,37H2,1-3H3,(H2,38,50)(H,42,55)(H,43,58)(H,44,54)(H,45,57)(H,46,56)(H,52,53)(H4,39,40,41). The molecule has 1 aromatic rings. The van der Waals surface area contributed by atoms with Crippen LogP contribution in [-0.2, 0) is 44.8 Å². The lowest BCUT2D eigenvalue weighted by atomic mass is 10.0. The minimum atomic E-state index is -1.61. The minimum absolute atomic E-state index is 0.0417. The van der Waals surface area contributed by atoms with E-state index in [9.17, 15) is 53.7 Å². The van der Waals surface area contributed by atoms with Gasteiger partial charge in [0.05, 0.1) is 24.7 Å². The van der Waals surface area contributed by atoms with Crippen molar-refractivity contribution < 1.29 is 53.7 Å². The first-order valence-electron chi connectivity index (χ1n) is 18.7. The number of aliphatic hydroxyl groups excluding tert-OH is 1. The van der Waals surface area contributed by atoms with E-state index in [1.54, 1.807) is 13.8 Å². The molecule has 2 rings (SSSR count). The maximum absolute atomic E-state index is 13.7. The number of benzene rings is 1. The second-order valence-electron chi connectivity index (χ2n) is 14.5. The minimum Gasteiger partial charge on any atom is -0.508 e. The molecule has 7 atom stereocenters. The van der Waals surface area contributed by atoms with Crippen LogP contribution >= 0.6 is 0 Å². The summed E-state index contributed by atoms with van der Waals surface area (Å²) in [7, 11) is 0. The number of nitrogens with two attached hydrogens (primary N) is 4. The number of phenolic OH excluding ortho intramolecular Hbond substituents is 1. The van der Waals surface area contributed by atoms with Crippen molar-refractivity contribution in [1.29, 1.82) is 0 Å². The number of primary amides is 1. The fourth-order valence-electron chi connectivity index (χ4n) is 6.04. The smallest absolute Gasteiger partial charge is 0.303 e. The molecule has 1 heterocycles. The average molecular weight is 820 g/mol. The van der Waals surface area contributed by atoms with E-state index >= 15 is 0 Å². The highest BCUT2D eigenvalue weighted by Gasteiger charge is 2.41. The molecule has 0 aromatic heterocycles. The highest BCUT2D eigenvalue weighted by atomic mass is 16.4. The zero-order valence-electron chi connectivity index (χ0n) is 32.8. The van der Waals surface area contributed by atoms with E-state index in [0.717, 1.165) is 4.90 Å². The number of carboxylic acids is 1. The maximum atomic E-state index is 13.7. The number of aliphatic hydroxyl groups is 1. The molecule has 22 heteroatoms. The number of aromatic hydroxyl groups is 1. The van der Waals surface area contributed by atoms with Crippen LogP contribution in [0.2, 0.25) is 0 Å². The Labute approximate surface area is 335 Å². The van der Waals surface area contributed by atoms with Gasteiger partial charge in [0.15, 0.2) is 5.96 Å². The normalized spacial score (nSPS) is 16.8. The van der Waals surface area contributed by atoms with Crippen molar-refractivity contribution >= 4 is 53.3 Å². The molecule has 1 aliphatic rings. The summed E-state index contributed by atoms with van der Waals surface area (Å²) in [5, 5.41) is 42.2. The van der Waals surface area contributed by atoms with Gasteiger partial charge in [0, 0.05) is 32.4 Å². The van der Waals surface area contributed by atoms with Crippen molar-refractivity contribution in [2.45, 2.75) is 108 Å². The first-order chi connectivity index (χ1) is 27.2. The number of aliphatic carboxylic acids is 1. The second-order valence-corrected chi connectivity index (χ2v) is 14.5. The fraction of sp³-hybridized carbons (Fsp3) is 0.583. The number of amides is 7. The third-order valence-corrected chi connectivity index (χ3v) is 8.97. The summed E-state index contributed by atoms with van der Waals surface area (Å²) in [4.78, 5) is 108.